The lowest BCUT2D eigenvalue weighted by molar-refractivity contribution is 0.147. The second-order valence-electron chi connectivity index (χ2n) is 9.28. The van der Waals surface area contributed by atoms with Crippen LogP contribution in [-0.2, 0) is 0 Å². The first-order chi connectivity index (χ1) is 17.0. The summed E-state index contributed by atoms with van der Waals surface area (Å²) in [4.78, 5) is 13.3. The third kappa shape index (κ3) is 4.08. The predicted octanol–water partition coefficient (Wildman–Crippen LogP) is 2.09. The Kier molecular flexibility index (Phi) is 5.33. The molecule has 1 atom stereocenters. The molecule has 4 heterocycles. The molecule has 0 spiro atoms. The van der Waals surface area contributed by atoms with Gasteiger partial charge in [0.05, 0.1) is 40.3 Å². The van der Waals surface area contributed by atoms with Crippen molar-refractivity contribution >= 4 is 40.4 Å². The minimum atomic E-state index is -0.251. The van der Waals surface area contributed by atoms with Gasteiger partial charge in [-0.2, -0.15) is 20.0 Å². The standard InChI is InChI=1S/C23H23ClN10O/c24-20-18(5-13(7-25)6-19(20)33-10-16(11-33)32-4-3-17(35)12-32)29-23-30-21(28-14-1-2-14)22-27-9-15(8-26)34(22)31-23/h5-6,9,14,16-17,35H,1-4,10-12H2,(H2,28,29,30,31). The van der Waals surface area contributed by atoms with Crippen LogP contribution in [0.15, 0.2) is 18.3 Å². The summed E-state index contributed by atoms with van der Waals surface area (Å²) in [5, 5.41) is 40.3. The number of nitrogens with one attached hydrogen (secondary N) is 2. The van der Waals surface area contributed by atoms with Gasteiger partial charge < -0.3 is 20.6 Å². The highest BCUT2D eigenvalue weighted by Gasteiger charge is 2.36. The minimum Gasteiger partial charge on any atom is -0.392 e. The molecule has 6 rings (SSSR count). The number of aromatic nitrogens is 4. The molecule has 0 radical (unpaired) electrons. The van der Waals surface area contributed by atoms with Gasteiger partial charge in [-0.25, -0.2) is 4.98 Å². The Morgan fingerprint density at radius 2 is 1.94 bits per heavy atom. The topological polar surface area (TPSA) is 141 Å². The molecule has 2 saturated heterocycles. The number of aliphatic hydroxyl groups is 1. The van der Waals surface area contributed by atoms with Crippen molar-refractivity contribution in [3.05, 3.63) is 34.6 Å². The van der Waals surface area contributed by atoms with Crippen LogP contribution in [0, 0.1) is 22.7 Å². The summed E-state index contributed by atoms with van der Waals surface area (Å²) in [5.41, 5.74) is 2.51. The molecule has 3 N–H and O–H groups in total. The third-order valence-electron chi connectivity index (χ3n) is 6.74. The van der Waals surface area contributed by atoms with Crippen LogP contribution in [0.2, 0.25) is 5.02 Å². The van der Waals surface area contributed by atoms with Crippen molar-refractivity contribution < 1.29 is 5.11 Å². The van der Waals surface area contributed by atoms with Gasteiger partial charge in [0.1, 0.15) is 6.07 Å². The Bertz CT molecular complexity index is 1380. The van der Waals surface area contributed by atoms with E-state index in [1.54, 1.807) is 12.1 Å². The van der Waals surface area contributed by atoms with Crippen molar-refractivity contribution in [1.82, 2.24) is 24.5 Å². The first-order valence-electron chi connectivity index (χ1n) is 11.6. The molecule has 12 heteroatoms. The van der Waals surface area contributed by atoms with Crippen molar-refractivity contribution in [3.8, 4) is 12.1 Å². The van der Waals surface area contributed by atoms with Gasteiger partial charge in [-0.1, -0.05) is 11.6 Å². The Labute approximate surface area is 206 Å². The number of likely N-dealkylation sites (tertiary alicyclic amines) is 1. The number of halogens is 1. The molecule has 0 bridgehead atoms. The Morgan fingerprint density at radius 1 is 1.11 bits per heavy atom. The monoisotopic (exact) mass is 490 g/mol. The summed E-state index contributed by atoms with van der Waals surface area (Å²) in [6, 6.07) is 8.45. The zero-order chi connectivity index (χ0) is 24.1. The number of β-amino-alcohol motifs (C(OH)–C–C–N with tert-alkyl or cyclic N) is 1. The highest BCUT2D eigenvalue weighted by molar-refractivity contribution is 6.36. The smallest absolute Gasteiger partial charge is 0.247 e. The molecule has 1 aliphatic carbocycles. The molecular weight excluding hydrogens is 468 g/mol. The van der Waals surface area contributed by atoms with E-state index in [9.17, 15) is 15.6 Å². The molecule has 35 heavy (non-hydrogen) atoms. The minimum absolute atomic E-state index is 0.241. The first kappa shape index (κ1) is 21.9. The zero-order valence-electron chi connectivity index (χ0n) is 18.8. The number of hydrogen-bond donors (Lipinski definition) is 3. The summed E-state index contributed by atoms with van der Waals surface area (Å²) >= 11 is 6.81. The lowest BCUT2D eigenvalue weighted by Gasteiger charge is -2.46. The van der Waals surface area contributed by atoms with Crippen molar-refractivity contribution in [1.29, 1.82) is 10.5 Å². The number of fused-ring (bicyclic) bond motifs is 1. The molecule has 1 unspecified atom stereocenters. The van der Waals surface area contributed by atoms with Gasteiger partial charge in [0, 0.05) is 38.3 Å². The molecule has 2 aromatic heterocycles. The molecule has 0 amide bonds. The Hall–Kier alpha value is -3.64. The number of nitriles is 2. The fraction of sp³-hybridized carbons (Fsp3) is 0.435. The molecule has 178 valence electrons. The van der Waals surface area contributed by atoms with E-state index < -0.39 is 0 Å². The van der Waals surface area contributed by atoms with Gasteiger partial charge in [0.15, 0.2) is 17.2 Å². The van der Waals surface area contributed by atoms with Gasteiger partial charge in [-0.15, -0.1) is 5.10 Å². The predicted molar refractivity (Wildman–Crippen MR) is 130 cm³/mol. The molecular formula is C23H23ClN10O. The van der Waals surface area contributed by atoms with E-state index in [1.807, 2.05) is 0 Å². The summed E-state index contributed by atoms with van der Waals surface area (Å²) < 4.78 is 1.45. The number of imidazole rings is 1. The number of rotatable bonds is 6. The summed E-state index contributed by atoms with van der Waals surface area (Å²) in [5.74, 6) is 0.781. The number of anilines is 4. The average molecular weight is 491 g/mol. The van der Waals surface area contributed by atoms with Crippen molar-refractivity contribution in [2.75, 3.05) is 41.7 Å². The maximum Gasteiger partial charge on any atom is 0.247 e. The zero-order valence-corrected chi connectivity index (χ0v) is 19.6. The normalized spacial score (nSPS) is 20.5. The molecule has 3 aromatic rings. The molecule has 2 aliphatic heterocycles. The first-order valence-corrected chi connectivity index (χ1v) is 12.0. The maximum atomic E-state index is 9.84. The summed E-state index contributed by atoms with van der Waals surface area (Å²) in [6.45, 7) is 3.15. The van der Waals surface area contributed by atoms with Crippen LogP contribution in [0.3, 0.4) is 0 Å². The van der Waals surface area contributed by atoms with E-state index in [-0.39, 0.29) is 12.1 Å². The highest BCUT2D eigenvalue weighted by Crippen LogP contribution is 2.39. The van der Waals surface area contributed by atoms with E-state index in [4.69, 9.17) is 11.6 Å². The van der Waals surface area contributed by atoms with E-state index in [2.05, 4.69) is 47.6 Å². The van der Waals surface area contributed by atoms with E-state index in [1.165, 1.54) is 10.7 Å². The molecule has 11 nitrogen and oxygen atoms in total. The van der Waals surface area contributed by atoms with E-state index >= 15 is 0 Å². The quantitative estimate of drug-likeness (QED) is 0.470. The fourth-order valence-corrected chi connectivity index (χ4v) is 4.90. The van der Waals surface area contributed by atoms with Crippen molar-refractivity contribution in [2.45, 2.75) is 37.5 Å². The number of aliphatic hydroxyl groups excluding tert-OH is 1. The van der Waals surface area contributed by atoms with E-state index in [0.717, 1.165) is 44.6 Å². The maximum absolute atomic E-state index is 9.84. The van der Waals surface area contributed by atoms with Crippen molar-refractivity contribution in [3.63, 3.8) is 0 Å². The lowest BCUT2D eigenvalue weighted by atomic mass is 10.0. The number of benzene rings is 1. The van der Waals surface area contributed by atoms with Gasteiger partial charge in [-0.3, -0.25) is 4.90 Å². The number of hydrogen-bond acceptors (Lipinski definition) is 10. The Balaban J connectivity index is 1.30. The lowest BCUT2D eigenvalue weighted by Crippen LogP contribution is -2.59. The van der Waals surface area contributed by atoms with Crippen LogP contribution in [-0.4, -0.2) is 74.0 Å². The van der Waals surface area contributed by atoms with Gasteiger partial charge in [0.25, 0.3) is 0 Å². The molecule has 1 aromatic carbocycles. The second kappa shape index (κ2) is 8.54. The SMILES string of the molecule is N#Cc1cc(Nc2nc(NC3CC3)c3ncc(C#N)n3n2)c(Cl)c(N2CC(N3CCC(O)C3)C2)c1. The van der Waals surface area contributed by atoms with Crippen molar-refractivity contribution in [2.24, 2.45) is 0 Å². The van der Waals surface area contributed by atoms with Crippen LogP contribution >= 0.6 is 11.6 Å². The summed E-state index contributed by atoms with van der Waals surface area (Å²) in [6.07, 6.45) is 4.13. The average Bonchev–Trinajstić information content (AvgIpc) is 3.38. The molecule has 3 fully saturated rings. The van der Waals surface area contributed by atoms with Gasteiger partial charge in [0.2, 0.25) is 5.95 Å². The summed E-state index contributed by atoms with van der Waals surface area (Å²) in [7, 11) is 0. The largest absolute Gasteiger partial charge is 0.392 e. The highest BCUT2D eigenvalue weighted by atomic mass is 35.5. The fourth-order valence-electron chi connectivity index (χ4n) is 4.63. The Morgan fingerprint density at radius 3 is 2.63 bits per heavy atom. The van der Waals surface area contributed by atoms with Gasteiger partial charge in [-0.05, 0) is 31.4 Å². The van der Waals surface area contributed by atoms with E-state index in [0.29, 0.717) is 52.1 Å². The van der Waals surface area contributed by atoms with Crippen LogP contribution in [0.4, 0.5) is 23.1 Å². The van der Waals surface area contributed by atoms with Crippen LogP contribution in [0.5, 0.6) is 0 Å². The second-order valence-corrected chi connectivity index (χ2v) is 9.66. The van der Waals surface area contributed by atoms with Crippen LogP contribution < -0.4 is 15.5 Å². The van der Waals surface area contributed by atoms with Gasteiger partial charge >= 0.3 is 0 Å². The van der Waals surface area contributed by atoms with Crippen LogP contribution in [0.1, 0.15) is 30.5 Å². The third-order valence-corrected chi connectivity index (χ3v) is 7.14. The molecule has 1 saturated carbocycles. The van der Waals surface area contributed by atoms with Crippen LogP contribution in [0.25, 0.3) is 5.65 Å². The molecule has 3 aliphatic rings. The number of nitrogens with zero attached hydrogens (tertiary/aromatic N) is 8.